The number of hydrogen-bond acceptors (Lipinski definition) is 4. The Morgan fingerprint density at radius 3 is 2.30 bits per heavy atom. The lowest BCUT2D eigenvalue weighted by Gasteiger charge is -2.28. The van der Waals surface area contributed by atoms with Crippen molar-refractivity contribution >= 4 is 21.7 Å². The van der Waals surface area contributed by atoms with Crippen molar-refractivity contribution in [2.24, 2.45) is 17.8 Å². The Morgan fingerprint density at radius 1 is 1.20 bits per heavy atom. The van der Waals surface area contributed by atoms with Crippen molar-refractivity contribution in [3.8, 4) is 0 Å². The monoisotopic (exact) mass is 303 g/mol. The van der Waals surface area contributed by atoms with Crippen LogP contribution >= 0.6 is 0 Å². The highest BCUT2D eigenvalue weighted by molar-refractivity contribution is 7.91. The molecule has 0 radical (unpaired) electrons. The molecule has 2 rings (SSSR count). The van der Waals surface area contributed by atoms with Gasteiger partial charge in [0.2, 0.25) is 5.91 Å². The first-order valence-corrected chi connectivity index (χ1v) is 8.73. The van der Waals surface area contributed by atoms with Gasteiger partial charge in [-0.15, -0.1) is 0 Å². The average Bonchev–Trinajstić information content (AvgIpc) is 2.90. The van der Waals surface area contributed by atoms with Crippen LogP contribution in [0, 0.1) is 17.8 Å². The van der Waals surface area contributed by atoms with Crippen LogP contribution in [0.2, 0.25) is 0 Å². The van der Waals surface area contributed by atoms with E-state index < -0.39 is 27.6 Å². The van der Waals surface area contributed by atoms with E-state index in [0.29, 0.717) is 19.3 Å². The van der Waals surface area contributed by atoms with Crippen LogP contribution < -0.4 is 0 Å². The van der Waals surface area contributed by atoms with Crippen LogP contribution in [0.3, 0.4) is 0 Å². The van der Waals surface area contributed by atoms with Gasteiger partial charge in [0, 0.05) is 13.1 Å². The van der Waals surface area contributed by atoms with Crippen LogP contribution in [0.25, 0.3) is 0 Å². The highest BCUT2D eigenvalue weighted by atomic mass is 32.2. The Bertz CT molecular complexity index is 515. The molecule has 1 saturated carbocycles. The molecule has 114 valence electrons. The van der Waals surface area contributed by atoms with Crippen LogP contribution in [-0.4, -0.2) is 54.9 Å². The molecule has 4 unspecified atom stereocenters. The van der Waals surface area contributed by atoms with Crippen molar-refractivity contribution in [2.45, 2.75) is 32.2 Å². The molecule has 6 nitrogen and oxygen atoms in total. The molecule has 0 aromatic rings. The summed E-state index contributed by atoms with van der Waals surface area (Å²) >= 11 is 0. The van der Waals surface area contributed by atoms with Gasteiger partial charge in [0.1, 0.15) is 0 Å². The summed E-state index contributed by atoms with van der Waals surface area (Å²) in [5.41, 5.74) is 0. The molecule has 1 aliphatic carbocycles. The number of sulfone groups is 1. The Kier molecular flexibility index (Phi) is 4.09. The molecule has 2 aliphatic rings. The Balaban J connectivity index is 2.08. The van der Waals surface area contributed by atoms with E-state index in [-0.39, 0.29) is 29.4 Å². The first-order chi connectivity index (χ1) is 9.21. The summed E-state index contributed by atoms with van der Waals surface area (Å²) in [6.07, 6.45) is 1.53. The normalized spacial score (nSPS) is 35.9. The summed E-state index contributed by atoms with van der Waals surface area (Å²) in [6, 6.07) is -0.308. The maximum absolute atomic E-state index is 12.5. The van der Waals surface area contributed by atoms with Crippen molar-refractivity contribution < 1.29 is 23.1 Å². The van der Waals surface area contributed by atoms with Crippen molar-refractivity contribution in [2.75, 3.05) is 18.6 Å². The van der Waals surface area contributed by atoms with E-state index in [1.807, 2.05) is 6.92 Å². The maximum Gasteiger partial charge on any atom is 0.307 e. The summed E-state index contributed by atoms with van der Waals surface area (Å²) < 4.78 is 23.0. The standard InChI is InChI=1S/C13H21NO5S/c1-8-5-10(11(6-8)13(16)17)12(15)14(2)9-3-4-20(18,19)7-9/h8-11H,3-7H2,1-2H3,(H,16,17). The molecule has 7 heteroatoms. The number of carbonyl (C=O) groups excluding carboxylic acids is 1. The number of carboxylic acids is 1. The van der Waals surface area contributed by atoms with Crippen molar-refractivity contribution in [1.82, 2.24) is 4.90 Å². The predicted molar refractivity (Wildman–Crippen MR) is 72.8 cm³/mol. The lowest BCUT2D eigenvalue weighted by molar-refractivity contribution is -0.149. The van der Waals surface area contributed by atoms with Gasteiger partial charge in [0.05, 0.1) is 23.3 Å². The van der Waals surface area contributed by atoms with Crippen LogP contribution in [0.4, 0.5) is 0 Å². The van der Waals surface area contributed by atoms with Gasteiger partial charge in [-0.2, -0.15) is 0 Å². The van der Waals surface area contributed by atoms with Gasteiger partial charge >= 0.3 is 5.97 Å². The molecule has 1 heterocycles. The fourth-order valence-corrected chi connectivity index (χ4v) is 5.13. The lowest BCUT2D eigenvalue weighted by Crippen LogP contribution is -2.43. The highest BCUT2D eigenvalue weighted by Crippen LogP contribution is 2.38. The molecule has 0 aromatic carbocycles. The lowest BCUT2D eigenvalue weighted by atomic mass is 9.94. The van der Waals surface area contributed by atoms with Crippen molar-refractivity contribution in [3.05, 3.63) is 0 Å². The van der Waals surface area contributed by atoms with E-state index in [1.54, 1.807) is 7.05 Å². The largest absolute Gasteiger partial charge is 0.481 e. The number of nitrogens with zero attached hydrogens (tertiary/aromatic N) is 1. The fourth-order valence-electron chi connectivity index (χ4n) is 3.36. The first kappa shape index (κ1) is 15.3. The second-order valence-corrected chi connectivity index (χ2v) is 8.36. The number of rotatable bonds is 3. The summed E-state index contributed by atoms with van der Waals surface area (Å²) in [7, 11) is -1.46. The van der Waals surface area contributed by atoms with Crippen LogP contribution in [0.15, 0.2) is 0 Å². The van der Waals surface area contributed by atoms with Crippen molar-refractivity contribution in [1.29, 1.82) is 0 Å². The van der Waals surface area contributed by atoms with Gasteiger partial charge in [-0.3, -0.25) is 9.59 Å². The van der Waals surface area contributed by atoms with Crippen LogP contribution in [0.5, 0.6) is 0 Å². The predicted octanol–water partition coefficient (Wildman–Crippen LogP) is 0.379. The summed E-state index contributed by atoms with van der Waals surface area (Å²) in [4.78, 5) is 25.2. The molecule has 1 N–H and O–H groups in total. The van der Waals surface area contributed by atoms with Crippen molar-refractivity contribution in [3.63, 3.8) is 0 Å². The Hall–Kier alpha value is -1.11. The molecule has 1 aliphatic heterocycles. The Labute approximate surface area is 119 Å². The van der Waals surface area contributed by atoms with Gasteiger partial charge in [-0.05, 0) is 25.2 Å². The molecular weight excluding hydrogens is 282 g/mol. The van der Waals surface area contributed by atoms with Gasteiger partial charge < -0.3 is 10.0 Å². The van der Waals surface area contributed by atoms with E-state index in [2.05, 4.69) is 0 Å². The minimum atomic E-state index is -3.05. The van der Waals surface area contributed by atoms with E-state index in [9.17, 15) is 23.1 Å². The van der Waals surface area contributed by atoms with Gasteiger partial charge in [0.25, 0.3) is 0 Å². The van der Waals surface area contributed by atoms with Crippen LogP contribution in [0.1, 0.15) is 26.2 Å². The second kappa shape index (κ2) is 5.35. The maximum atomic E-state index is 12.5. The van der Waals surface area contributed by atoms with E-state index in [0.717, 1.165) is 0 Å². The van der Waals surface area contributed by atoms with E-state index in [4.69, 9.17) is 0 Å². The molecule has 20 heavy (non-hydrogen) atoms. The number of hydrogen-bond donors (Lipinski definition) is 1. The molecule has 0 aromatic heterocycles. The van der Waals surface area contributed by atoms with E-state index >= 15 is 0 Å². The fraction of sp³-hybridized carbons (Fsp3) is 0.846. The summed E-state index contributed by atoms with van der Waals surface area (Å²) in [5.74, 6) is -1.99. The molecule has 4 atom stereocenters. The third-order valence-corrected chi connectivity index (χ3v) is 6.29. The molecule has 0 bridgehead atoms. The zero-order chi connectivity index (χ0) is 15.1. The zero-order valence-corrected chi connectivity index (χ0v) is 12.6. The highest BCUT2D eigenvalue weighted by Gasteiger charge is 2.44. The smallest absolute Gasteiger partial charge is 0.307 e. The molecule has 1 saturated heterocycles. The zero-order valence-electron chi connectivity index (χ0n) is 11.8. The SMILES string of the molecule is CC1CC(C(=O)O)C(C(=O)N(C)C2CCS(=O)(=O)C2)C1. The van der Waals surface area contributed by atoms with E-state index in [1.165, 1.54) is 4.90 Å². The summed E-state index contributed by atoms with van der Waals surface area (Å²) in [5, 5.41) is 9.21. The topological polar surface area (TPSA) is 91.8 Å². The number of carbonyl (C=O) groups is 2. The first-order valence-electron chi connectivity index (χ1n) is 6.91. The second-order valence-electron chi connectivity index (χ2n) is 6.13. The molecule has 1 amide bonds. The quantitative estimate of drug-likeness (QED) is 0.813. The third-order valence-electron chi connectivity index (χ3n) is 4.54. The molecular formula is C13H21NO5S. The molecule has 2 fully saturated rings. The minimum Gasteiger partial charge on any atom is -0.481 e. The number of aliphatic carboxylic acids is 1. The Morgan fingerprint density at radius 2 is 1.80 bits per heavy atom. The summed E-state index contributed by atoms with van der Waals surface area (Å²) in [6.45, 7) is 1.95. The number of carboxylic acid groups (broad SMARTS) is 1. The van der Waals surface area contributed by atoms with Crippen LogP contribution in [-0.2, 0) is 19.4 Å². The van der Waals surface area contributed by atoms with Gasteiger partial charge in [0.15, 0.2) is 9.84 Å². The third kappa shape index (κ3) is 2.97. The number of amides is 1. The van der Waals surface area contributed by atoms with Gasteiger partial charge in [-0.1, -0.05) is 6.92 Å². The average molecular weight is 303 g/mol. The minimum absolute atomic E-state index is 0.00471. The van der Waals surface area contributed by atoms with Gasteiger partial charge in [-0.25, -0.2) is 8.42 Å². The molecule has 0 spiro atoms.